The molecule has 0 heterocycles. The maximum absolute atomic E-state index is 14.4. The summed E-state index contributed by atoms with van der Waals surface area (Å²) in [5.41, 5.74) is 6.13. The van der Waals surface area contributed by atoms with Crippen molar-refractivity contribution in [2.75, 3.05) is 0 Å². The van der Waals surface area contributed by atoms with E-state index >= 15 is 0 Å². The van der Waals surface area contributed by atoms with Gasteiger partial charge in [0.05, 0.1) is 0 Å². The Hall–Kier alpha value is -0.890. The molecule has 1 atom stereocenters. The lowest BCUT2D eigenvalue weighted by Gasteiger charge is -2.23. The Bertz CT molecular complexity index is 329. The quantitative estimate of drug-likeness (QED) is 0.784. The fraction of sp³-hybridized carbons (Fsp3) is 0.500. The summed E-state index contributed by atoms with van der Waals surface area (Å²) < 4.78 is 14.4. The first-order valence-corrected chi connectivity index (χ1v) is 5.13. The lowest BCUT2D eigenvalue weighted by atomic mass is 9.89. The normalized spacial score (nSPS) is 20.5. The van der Waals surface area contributed by atoms with E-state index < -0.39 is 5.67 Å². The summed E-state index contributed by atoms with van der Waals surface area (Å²) in [5, 5.41) is 0. The van der Waals surface area contributed by atoms with Gasteiger partial charge in [-0.2, -0.15) is 0 Å². The van der Waals surface area contributed by atoms with E-state index in [0.717, 1.165) is 24.0 Å². The van der Waals surface area contributed by atoms with Crippen LogP contribution in [0, 0.1) is 5.92 Å². The van der Waals surface area contributed by atoms with Crippen molar-refractivity contribution in [2.45, 2.75) is 32.0 Å². The largest absolute Gasteiger partial charge is 0.326 e. The monoisotopic (exact) mass is 193 g/mol. The molecule has 1 aromatic rings. The molecule has 0 aliphatic heterocycles. The van der Waals surface area contributed by atoms with Crippen LogP contribution in [0.3, 0.4) is 0 Å². The predicted molar refractivity (Wildman–Crippen MR) is 55.5 cm³/mol. The summed E-state index contributed by atoms with van der Waals surface area (Å²) in [5.74, 6) is 0.204. The molecule has 1 aliphatic carbocycles. The molecular formula is C12H16FN. The van der Waals surface area contributed by atoms with Gasteiger partial charge < -0.3 is 5.73 Å². The zero-order valence-electron chi connectivity index (χ0n) is 8.46. The smallest absolute Gasteiger partial charge is 0.136 e. The molecule has 0 radical (unpaired) electrons. The van der Waals surface area contributed by atoms with Crippen molar-refractivity contribution in [3.8, 4) is 0 Å². The van der Waals surface area contributed by atoms with Crippen molar-refractivity contribution in [3.05, 3.63) is 35.4 Å². The first kappa shape index (κ1) is 9.66. The fourth-order valence-corrected chi connectivity index (χ4v) is 2.02. The van der Waals surface area contributed by atoms with Crippen LogP contribution >= 0.6 is 0 Å². The minimum absolute atomic E-state index is 0.204. The first-order valence-electron chi connectivity index (χ1n) is 5.13. The fourth-order valence-electron chi connectivity index (χ4n) is 2.02. The van der Waals surface area contributed by atoms with Gasteiger partial charge in [-0.25, -0.2) is 4.39 Å². The topological polar surface area (TPSA) is 26.0 Å². The van der Waals surface area contributed by atoms with Gasteiger partial charge in [-0.05, 0) is 36.8 Å². The van der Waals surface area contributed by atoms with Crippen molar-refractivity contribution in [1.29, 1.82) is 0 Å². The molecule has 2 N–H and O–H groups in total. The van der Waals surface area contributed by atoms with Crippen LogP contribution in [0.5, 0.6) is 0 Å². The Morgan fingerprint density at radius 3 is 2.64 bits per heavy atom. The highest BCUT2D eigenvalue weighted by Crippen LogP contribution is 2.48. The van der Waals surface area contributed by atoms with Crippen molar-refractivity contribution in [3.63, 3.8) is 0 Å². The van der Waals surface area contributed by atoms with E-state index in [-0.39, 0.29) is 5.92 Å². The van der Waals surface area contributed by atoms with Gasteiger partial charge in [0.25, 0.3) is 0 Å². The average molecular weight is 193 g/mol. The maximum Gasteiger partial charge on any atom is 0.136 e. The zero-order valence-corrected chi connectivity index (χ0v) is 8.46. The highest BCUT2D eigenvalue weighted by Gasteiger charge is 2.43. The highest BCUT2D eigenvalue weighted by atomic mass is 19.1. The molecule has 1 unspecified atom stereocenters. The molecular weight excluding hydrogens is 177 g/mol. The van der Waals surface area contributed by atoms with E-state index in [9.17, 15) is 4.39 Å². The number of halogens is 1. The van der Waals surface area contributed by atoms with Gasteiger partial charge in [0.15, 0.2) is 0 Å². The van der Waals surface area contributed by atoms with Gasteiger partial charge in [0, 0.05) is 6.54 Å². The molecule has 0 amide bonds. The maximum atomic E-state index is 14.4. The summed E-state index contributed by atoms with van der Waals surface area (Å²) in [6.07, 6.45) is 2.01. The zero-order chi connectivity index (χ0) is 10.2. The third-order valence-corrected chi connectivity index (χ3v) is 3.11. The minimum Gasteiger partial charge on any atom is -0.326 e. The van der Waals surface area contributed by atoms with E-state index in [1.165, 1.54) is 0 Å². The van der Waals surface area contributed by atoms with Crippen LogP contribution in [0.2, 0.25) is 0 Å². The predicted octanol–water partition coefficient (Wildman–Crippen LogP) is 2.74. The third-order valence-electron chi connectivity index (χ3n) is 3.11. The van der Waals surface area contributed by atoms with Crippen LogP contribution < -0.4 is 5.73 Å². The molecule has 14 heavy (non-hydrogen) atoms. The molecule has 1 aliphatic rings. The molecule has 0 bridgehead atoms. The second kappa shape index (κ2) is 3.35. The summed E-state index contributed by atoms with van der Waals surface area (Å²) in [7, 11) is 0. The Labute approximate surface area is 84.1 Å². The van der Waals surface area contributed by atoms with Gasteiger partial charge in [0.2, 0.25) is 0 Å². The molecule has 1 aromatic carbocycles. The molecule has 0 aromatic heterocycles. The van der Waals surface area contributed by atoms with Crippen molar-refractivity contribution >= 4 is 0 Å². The van der Waals surface area contributed by atoms with E-state index in [1.54, 1.807) is 6.92 Å². The van der Waals surface area contributed by atoms with Crippen LogP contribution in [0.4, 0.5) is 4.39 Å². The third kappa shape index (κ3) is 1.55. The lowest BCUT2D eigenvalue weighted by molar-refractivity contribution is 0.157. The molecule has 0 spiro atoms. The van der Waals surface area contributed by atoms with Crippen molar-refractivity contribution in [1.82, 2.24) is 0 Å². The second-order valence-corrected chi connectivity index (χ2v) is 4.21. The summed E-state index contributed by atoms with van der Waals surface area (Å²) in [4.78, 5) is 0. The van der Waals surface area contributed by atoms with Gasteiger partial charge in [0.1, 0.15) is 5.67 Å². The Morgan fingerprint density at radius 1 is 1.43 bits per heavy atom. The van der Waals surface area contributed by atoms with E-state index in [4.69, 9.17) is 5.73 Å². The molecule has 76 valence electrons. The molecule has 0 saturated heterocycles. The molecule has 1 nitrogen and oxygen atoms in total. The summed E-state index contributed by atoms with van der Waals surface area (Å²) >= 11 is 0. The molecule has 1 fully saturated rings. The average Bonchev–Trinajstić information content (AvgIpc) is 3.01. The van der Waals surface area contributed by atoms with Gasteiger partial charge in [-0.3, -0.25) is 0 Å². The number of hydrogen-bond acceptors (Lipinski definition) is 1. The van der Waals surface area contributed by atoms with Crippen molar-refractivity contribution in [2.24, 2.45) is 11.7 Å². The van der Waals surface area contributed by atoms with Crippen LogP contribution in [-0.4, -0.2) is 0 Å². The molecule has 1 saturated carbocycles. The highest BCUT2D eigenvalue weighted by molar-refractivity contribution is 5.33. The van der Waals surface area contributed by atoms with E-state index in [2.05, 4.69) is 0 Å². The number of nitrogens with two attached hydrogens (primary N) is 1. The number of hydrogen-bond donors (Lipinski definition) is 1. The minimum atomic E-state index is -1.18. The Balaban J connectivity index is 2.38. The number of rotatable bonds is 3. The van der Waals surface area contributed by atoms with Crippen LogP contribution in [0.15, 0.2) is 24.3 Å². The Morgan fingerprint density at radius 2 is 2.07 bits per heavy atom. The second-order valence-electron chi connectivity index (χ2n) is 4.21. The molecule has 2 rings (SSSR count). The van der Waals surface area contributed by atoms with Crippen LogP contribution in [0.1, 0.15) is 30.9 Å². The SMILES string of the molecule is CC(F)(c1ccccc1CN)C1CC1. The van der Waals surface area contributed by atoms with Crippen LogP contribution in [-0.2, 0) is 12.2 Å². The van der Waals surface area contributed by atoms with E-state index in [1.807, 2.05) is 24.3 Å². The van der Waals surface area contributed by atoms with Gasteiger partial charge in [-0.15, -0.1) is 0 Å². The van der Waals surface area contributed by atoms with Gasteiger partial charge >= 0.3 is 0 Å². The van der Waals surface area contributed by atoms with Crippen molar-refractivity contribution < 1.29 is 4.39 Å². The number of benzene rings is 1. The summed E-state index contributed by atoms with van der Waals surface area (Å²) in [6.45, 7) is 2.10. The van der Waals surface area contributed by atoms with E-state index in [0.29, 0.717) is 6.54 Å². The lowest BCUT2D eigenvalue weighted by Crippen LogP contribution is -2.21. The standard InChI is InChI=1S/C12H16FN/c1-12(13,10-6-7-10)11-5-3-2-4-9(11)8-14/h2-5,10H,6-8,14H2,1H3. The summed E-state index contributed by atoms with van der Waals surface area (Å²) in [6, 6.07) is 7.57. The Kier molecular flexibility index (Phi) is 2.31. The first-order chi connectivity index (χ1) is 6.66. The van der Waals surface area contributed by atoms with Crippen LogP contribution in [0.25, 0.3) is 0 Å². The van der Waals surface area contributed by atoms with Gasteiger partial charge in [-0.1, -0.05) is 24.3 Å². The molecule has 2 heteroatoms. The number of alkyl halides is 1.